The Hall–Kier alpha value is -1.50. The molecule has 0 saturated carbocycles. The Labute approximate surface area is 89.3 Å². The molecule has 0 aromatic carbocycles. The fourth-order valence-electron chi connectivity index (χ4n) is 1.81. The molecule has 0 aliphatic carbocycles. The van der Waals surface area contributed by atoms with Gasteiger partial charge in [-0.25, -0.2) is 4.79 Å². The first-order chi connectivity index (χ1) is 7.16. The lowest BCUT2D eigenvalue weighted by molar-refractivity contribution is -0.152. The minimum Gasteiger partial charge on any atom is -0.480 e. The van der Waals surface area contributed by atoms with E-state index >= 15 is 0 Å². The van der Waals surface area contributed by atoms with Crippen molar-refractivity contribution in [1.29, 1.82) is 0 Å². The lowest BCUT2D eigenvalue weighted by Crippen LogP contribution is -2.47. The van der Waals surface area contributed by atoms with Crippen molar-refractivity contribution in [3.05, 3.63) is 0 Å². The number of carbonyl (C=O) groups is 2. The molecule has 1 N–H and O–H groups in total. The number of likely N-dealkylation sites (tertiary alicyclic amines) is 1. The Morgan fingerprint density at radius 2 is 2.20 bits per heavy atom. The van der Waals surface area contributed by atoms with E-state index in [-0.39, 0.29) is 12.3 Å². The molecule has 1 amide bonds. The largest absolute Gasteiger partial charge is 0.480 e. The summed E-state index contributed by atoms with van der Waals surface area (Å²) >= 11 is 0. The topological polar surface area (TPSA) is 57.6 Å². The van der Waals surface area contributed by atoms with Gasteiger partial charge in [-0.15, -0.1) is 12.3 Å². The Kier molecular flexibility index (Phi) is 4.17. The monoisotopic (exact) mass is 209 g/mol. The summed E-state index contributed by atoms with van der Waals surface area (Å²) in [6.07, 6.45) is 7.99. The molecule has 0 aromatic heterocycles. The molecular formula is C11H15NO3. The highest BCUT2D eigenvalue weighted by atomic mass is 16.4. The highest BCUT2D eigenvalue weighted by Gasteiger charge is 2.31. The summed E-state index contributed by atoms with van der Waals surface area (Å²) in [5, 5.41) is 8.95. The highest BCUT2D eigenvalue weighted by molar-refractivity contribution is 5.84. The normalized spacial score (nSPS) is 20.7. The SMILES string of the molecule is C#CCCC(=O)N1CCCC[C@H]1C(=O)O. The van der Waals surface area contributed by atoms with Crippen LogP contribution in [0.4, 0.5) is 0 Å². The van der Waals surface area contributed by atoms with Crippen molar-refractivity contribution in [2.75, 3.05) is 6.54 Å². The number of rotatable bonds is 3. The average Bonchev–Trinajstić information content (AvgIpc) is 2.25. The first-order valence-electron chi connectivity index (χ1n) is 5.12. The second-order valence-electron chi connectivity index (χ2n) is 3.64. The molecule has 0 spiro atoms. The number of carboxylic acids is 1. The van der Waals surface area contributed by atoms with Crippen molar-refractivity contribution >= 4 is 11.9 Å². The van der Waals surface area contributed by atoms with Gasteiger partial charge in [-0.1, -0.05) is 0 Å². The van der Waals surface area contributed by atoms with Crippen molar-refractivity contribution in [2.24, 2.45) is 0 Å². The molecule has 0 unspecified atom stereocenters. The molecule has 1 aliphatic rings. The maximum absolute atomic E-state index is 11.6. The van der Waals surface area contributed by atoms with Crippen LogP contribution < -0.4 is 0 Å². The van der Waals surface area contributed by atoms with E-state index in [1.807, 2.05) is 0 Å². The lowest BCUT2D eigenvalue weighted by Gasteiger charge is -2.32. The molecule has 0 bridgehead atoms. The Bertz CT molecular complexity index is 293. The zero-order valence-corrected chi connectivity index (χ0v) is 8.61. The van der Waals surface area contributed by atoms with E-state index in [1.54, 1.807) is 0 Å². The quantitative estimate of drug-likeness (QED) is 0.701. The van der Waals surface area contributed by atoms with Gasteiger partial charge < -0.3 is 10.0 Å². The zero-order valence-electron chi connectivity index (χ0n) is 8.61. The number of nitrogens with zero attached hydrogens (tertiary/aromatic N) is 1. The summed E-state index contributed by atoms with van der Waals surface area (Å²) in [4.78, 5) is 24.0. The molecule has 1 rings (SSSR count). The van der Waals surface area contributed by atoms with Crippen LogP contribution in [0.1, 0.15) is 32.1 Å². The Morgan fingerprint density at radius 3 is 2.80 bits per heavy atom. The smallest absolute Gasteiger partial charge is 0.326 e. The molecule has 4 heteroatoms. The molecule has 1 aliphatic heterocycles. The predicted octanol–water partition coefficient (Wildman–Crippen LogP) is 0.865. The minimum absolute atomic E-state index is 0.139. The van der Waals surface area contributed by atoms with E-state index in [0.717, 1.165) is 12.8 Å². The van der Waals surface area contributed by atoms with Gasteiger partial charge in [0, 0.05) is 19.4 Å². The van der Waals surface area contributed by atoms with Gasteiger partial charge in [0.2, 0.25) is 5.91 Å². The first-order valence-corrected chi connectivity index (χ1v) is 5.12. The number of hydrogen-bond acceptors (Lipinski definition) is 2. The molecule has 4 nitrogen and oxygen atoms in total. The van der Waals surface area contributed by atoms with E-state index in [4.69, 9.17) is 11.5 Å². The van der Waals surface area contributed by atoms with Crippen LogP contribution in [0.5, 0.6) is 0 Å². The van der Waals surface area contributed by atoms with Gasteiger partial charge in [0.25, 0.3) is 0 Å². The van der Waals surface area contributed by atoms with Crippen LogP contribution in [0.25, 0.3) is 0 Å². The molecule has 1 atom stereocenters. The van der Waals surface area contributed by atoms with Crippen molar-refractivity contribution in [1.82, 2.24) is 4.90 Å². The third-order valence-corrected chi connectivity index (χ3v) is 2.59. The van der Waals surface area contributed by atoms with E-state index in [0.29, 0.717) is 19.4 Å². The zero-order chi connectivity index (χ0) is 11.3. The molecule has 1 heterocycles. The molecule has 1 saturated heterocycles. The molecular weight excluding hydrogens is 194 g/mol. The maximum atomic E-state index is 11.6. The van der Waals surface area contributed by atoms with E-state index in [2.05, 4.69) is 5.92 Å². The second kappa shape index (κ2) is 5.40. The van der Waals surface area contributed by atoms with Crippen molar-refractivity contribution in [3.63, 3.8) is 0 Å². The summed E-state index contributed by atoms with van der Waals surface area (Å²) in [6.45, 7) is 0.542. The first kappa shape index (κ1) is 11.6. The van der Waals surface area contributed by atoms with Crippen LogP contribution >= 0.6 is 0 Å². The fraction of sp³-hybridized carbons (Fsp3) is 0.636. The lowest BCUT2D eigenvalue weighted by atomic mass is 10.0. The molecule has 1 fully saturated rings. The van der Waals surface area contributed by atoms with Crippen LogP contribution in [0.3, 0.4) is 0 Å². The van der Waals surface area contributed by atoms with Gasteiger partial charge in [-0.05, 0) is 19.3 Å². The summed E-state index contributed by atoms with van der Waals surface area (Å²) in [5.74, 6) is 1.33. The number of hydrogen-bond donors (Lipinski definition) is 1. The van der Waals surface area contributed by atoms with Crippen molar-refractivity contribution < 1.29 is 14.7 Å². The number of carbonyl (C=O) groups excluding carboxylic acids is 1. The summed E-state index contributed by atoms with van der Waals surface area (Å²) < 4.78 is 0. The third-order valence-electron chi connectivity index (χ3n) is 2.59. The number of carboxylic acid groups (broad SMARTS) is 1. The number of terminal acetylenes is 1. The van der Waals surface area contributed by atoms with Gasteiger partial charge in [0.1, 0.15) is 6.04 Å². The Balaban J connectivity index is 2.60. The van der Waals surface area contributed by atoms with Gasteiger partial charge in [0.05, 0.1) is 0 Å². The third kappa shape index (κ3) is 2.98. The summed E-state index contributed by atoms with van der Waals surface area (Å²) in [5.41, 5.74) is 0. The summed E-state index contributed by atoms with van der Waals surface area (Å²) in [6, 6.07) is -0.649. The van der Waals surface area contributed by atoms with Gasteiger partial charge in [-0.2, -0.15) is 0 Å². The van der Waals surface area contributed by atoms with Crippen LogP contribution in [-0.4, -0.2) is 34.5 Å². The number of aliphatic carboxylic acids is 1. The van der Waals surface area contributed by atoms with E-state index < -0.39 is 12.0 Å². The number of amides is 1. The Morgan fingerprint density at radius 1 is 1.47 bits per heavy atom. The van der Waals surface area contributed by atoms with E-state index in [9.17, 15) is 9.59 Å². The van der Waals surface area contributed by atoms with E-state index in [1.165, 1.54) is 4.90 Å². The van der Waals surface area contributed by atoms with Gasteiger partial charge in [0.15, 0.2) is 0 Å². The maximum Gasteiger partial charge on any atom is 0.326 e. The van der Waals surface area contributed by atoms with Gasteiger partial charge in [-0.3, -0.25) is 4.79 Å². The van der Waals surface area contributed by atoms with Crippen molar-refractivity contribution in [3.8, 4) is 12.3 Å². The summed E-state index contributed by atoms with van der Waals surface area (Å²) in [7, 11) is 0. The highest BCUT2D eigenvalue weighted by Crippen LogP contribution is 2.18. The average molecular weight is 209 g/mol. The minimum atomic E-state index is -0.913. The molecule has 0 aromatic rings. The van der Waals surface area contributed by atoms with Crippen LogP contribution in [-0.2, 0) is 9.59 Å². The molecule has 82 valence electrons. The predicted molar refractivity (Wildman–Crippen MR) is 55.1 cm³/mol. The standard InChI is InChI=1S/C11H15NO3/c1-2-3-7-10(13)12-8-5-4-6-9(12)11(14)15/h1,9H,3-8H2,(H,14,15)/t9-/m0/s1. The van der Waals surface area contributed by atoms with Crippen LogP contribution in [0.15, 0.2) is 0 Å². The molecule has 0 radical (unpaired) electrons. The van der Waals surface area contributed by atoms with Crippen molar-refractivity contribution in [2.45, 2.75) is 38.1 Å². The second-order valence-corrected chi connectivity index (χ2v) is 3.64. The van der Waals surface area contributed by atoms with Gasteiger partial charge >= 0.3 is 5.97 Å². The fourth-order valence-corrected chi connectivity index (χ4v) is 1.81. The molecule has 15 heavy (non-hydrogen) atoms. The van der Waals surface area contributed by atoms with Crippen LogP contribution in [0.2, 0.25) is 0 Å². The number of piperidine rings is 1. The van der Waals surface area contributed by atoms with Crippen LogP contribution in [0, 0.1) is 12.3 Å².